The second-order valence-electron chi connectivity index (χ2n) is 9.19. The Morgan fingerprint density at radius 3 is 2.18 bits per heavy atom. The van der Waals surface area contributed by atoms with Crippen LogP contribution in [-0.4, -0.2) is 60.9 Å². The first-order chi connectivity index (χ1) is 16.3. The molecule has 0 aliphatic heterocycles. The third kappa shape index (κ3) is 6.12. The summed E-state index contributed by atoms with van der Waals surface area (Å²) in [5, 5.41) is 0.0432. The average molecular weight is 481 g/mol. The summed E-state index contributed by atoms with van der Waals surface area (Å²) in [6, 6.07) is 18.9. The molecule has 1 fully saturated rings. The molecular weight excluding hydrogens is 448 g/mol. The molecule has 2 aromatic carbocycles. The van der Waals surface area contributed by atoms with E-state index in [1.165, 1.54) is 0 Å². The van der Waals surface area contributed by atoms with Crippen LogP contribution in [0.4, 0.5) is 0 Å². The minimum Gasteiger partial charge on any atom is -0.335 e. The monoisotopic (exact) mass is 480 g/mol. The smallest absolute Gasteiger partial charge is 0.228 e. The lowest BCUT2D eigenvalue weighted by Gasteiger charge is -2.25. The third-order valence-corrected chi connectivity index (χ3v) is 7.57. The standard InChI is InChI=1S/C26H32N4O3S/c1-28(2)15-16-29(25(31)23-13-14-23)19-24-17-27-26(30(24)18-21-9-5-3-6-10-21)34(32,33)20-22-11-7-4-8-12-22/h3-12,17,23H,13-16,18-20H2,1-2H3. The van der Waals surface area contributed by atoms with Crippen molar-refractivity contribution in [3.8, 4) is 0 Å². The first kappa shape index (κ1) is 24.2. The second kappa shape index (κ2) is 10.5. The number of aromatic nitrogens is 2. The lowest BCUT2D eigenvalue weighted by atomic mass is 10.2. The molecular formula is C26H32N4O3S. The van der Waals surface area contributed by atoms with E-state index in [1.54, 1.807) is 22.9 Å². The number of hydrogen-bond acceptors (Lipinski definition) is 5. The van der Waals surface area contributed by atoms with Gasteiger partial charge >= 0.3 is 0 Å². The summed E-state index contributed by atoms with van der Waals surface area (Å²) in [5.41, 5.74) is 2.42. The van der Waals surface area contributed by atoms with Gasteiger partial charge in [-0.25, -0.2) is 13.4 Å². The highest BCUT2D eigenvalue weighted by Gasteiger charge is 2.34. The van der Waals surface area contributed by atoms with Crippen LogP contribution >= 0.6 is 0 Å². The molecule has 0 radical (unpaired) electrons. The minimum atomic E-state index is -3.69. The molecule has 0 spiro atoms. The zero-order valence-electron chi connectivity index (χ0n) is 19.8. The maximum absolute atomic E-state index is 13.4. The number of carbonyl (C=O) groups excluding carboxylic acids is 1. The molecule has 34 heavy (non-hydrogen) atoms. The van der Waals surface area contributed by atoms with E-state index < -0.39 is 9.84 Å². The molecule has 1 saturated carbocycles. The SMILES string of the molecule is CN(C)CCN(Cc1cnc(S(=O)(=O)Cc2ccccc2)n1Cc1ccccc1)C(=O)C1CC1. The number of nitrogens with zero attached hydrogens (tertiary/aromatic N) is 4. The van der Waals surface area contributed by atoms with Crippen molar-refractivity contribution in [3.05, 3.63) is 83.7 Å². The van der Waals surface area contributed by atoms with E-state index in [1.807, 2.05) is 72.4 Å². The Bertz CT molecular complexity index is 1200. The Labute approximate surface area is 201 Å². The van der Waals surface area contributed by atoms with Crippen LogP contribution in [0.3, 0.4) is 0 Å². The van der Waals surface area contributed by atoms with Gasteiger partial charge in [0.2, 0.25) is 20.9 Å². The lowest BCUT2D eigenvalue weighted by Crippen LogP contribution is -2.37. The highest BCUT2D eigenvalue weighted by atomic mass is 32.2. The van der Waals surface area contributed by atoms with Crippen LogP contribution in [0, 0.1) is 5.92 Å². The molecule has 3 aromatic rings. The number of likely N-dealkylation sites (N-methyl/N-ethyl adjacent to an activating group) is 1. The highest BCUT2D eigenvalue weighted by molar-refractivity contribution is 7.90. The van der Waals surface area contributed by atoms with Gasteiger partial charge in [-0.2, -0.15) is 0 Å². The summed E-state index contributed by atoms with van der Waals surface area (Å²) in [5.74, 6) is 0.113. The van der Waals surface area contributed by atoms with Gasteiger partial charge in [-0.05, 0) is 38.1 Å². The van der Waals surface area contributed by atoms with E-state index in [9.17, 15) is 13.2 Å². The molecule has 0 unspecified atom stereocenters. The van der Waals surface area contributed by atoms with Crippen LogP contribution < -0.4 is 0 Å². The Morgan fingerprint density at radius 2 is 1.59 bits per heavy atom. The largest absolute Gasteiger partial charge is 0.335 e. The first-order valence-electron chi connectivity index (χ1n) is 11.6. The lowest BCUT2D eigenvalue weighted by molar-refractivity contribution is -0.133. The van der Waals surface area contributed by atoms with Crippen molar-refractivity contribution in [1.82, 2.24) is 19.4 Å². The molecule has 1 amide bonds. The third-order valence-electron chi connectivity index (χ3n) is 5.97. The van der Waals surface area contributed by atoms with E-state index in [0.29, 0.717) is 19.6 Å². The van der Waals surface area contributed by atoms with Crippen molar-refractivity contribution in [3.63, 3.8) is 0 Å². The topological polar surface area (TPSA) is 75.5 Å². The average Bonchev–Trinajstić information content (AvgIpc) is 3.59. The fourth-order valence-corrected chi connectivity index (χ4v) is 5.42. The summed E-state index contributed by atoms with van der Waals surface area (Å²) in [7, 11) is 0.271. The molecule has 0 N–H and O–H groups in total. The van der Waals surface area contributed by atoms with Crippen molar-refractivity contribution < 1.29 is 13.2 Å². The summed E-state index contributed by atoms with van der Waals surface area (Å²) in [4.78, 5) is 21.3. The van der Waals surface area contributed by atoms with Crippen molar-refractivity contribution in [2.45, 2.75) is 36.8 Å². The summed E-state index contributed by atoms with van der Waals surface area (Å²) in [6.45, 7) is 2.04. The molecule has 4 rings (SSSR count). The van der Waals surface area contributed by atoms with Crippen LogP contribution in [0.2, 0.25) is 0 Å². The maximum atomic E-state index is 13.4. The van der Waals surface area contributed by atoms with Gasteiger partial charge in [0, 0.05) is 19.0 Å². The van der Waals surface area contributed by atoms with E-state index in [0.717, 1.165) is 36.2 Å². The van der Waals surface area contributed by atoms with Gasteiger partial charge in [0.25, 0.3) is 0 Å². The van der Waals surface area contributed by atoms with Gasteiger partial charge in [-0.1, -0.05) is 60.7 Å². The van der Waals surface area contributed by atoms with Crippen LogP contribution in [0.1, 0.15) is 29.7 Å². The zero-order valence-corrected chi connectivity index (χ0v) is 20.6. The molecule has 0 saturated heterocycles. The normalized spacial score (nSPS) is 13.9. The minimum absolute atomic E-state index is 0.0432. The van der Waals surface area contributed by atoms with Crippen molar-refractivity contribution in [2.24, 2.45) is 5.92 Å². The fourth-order valence-electron chi connectivity index (χ4n) is 3.93. The number of amides is 1. The number of hydrogen-bond donors (Lipinski definition) is 0. The van der Waals surface area contributed by atoms with Gasteiger partial charge in [0.1, 0.15) is 0 Å². The molecule has 0 atom stereocenters. The number of rotatable bonds is 11. The number of imidazole rings is 1. The van der Waals surface area contributed by atoms with Gasteiger partial charge < -0.3 is 14.4 Å². The Kier molecular flexibility index (Phi) is 7.48. The summed E-state index contributed by atoms with van der Waals surface area (Å²) >= 11 is 0. The molecule has 7 nitrogen and oxygen atoms in total. The number of sulfone groups is 1. The number of carbonyl (C=O) groups is 1. The van der Waals surface area contributed by atoms with E-state index in [4.69, 9.17) is 0 Å². The van der Waals surface area contributed by atoms with Crippen LogP contribution in [0.5, 0.6) is 0 Å². The van der Waals surface area contributed by atoms with Crippen molar-refractivity contribution >= 4 is 15.7 Å². The van der Waals surface area contributed by atoms with E-state index in [-0.39, 0.29) is 22.7 Å². The van der Waals surface area contributed by atoms with E-state index in [2.05, 4.69) is 4.98 Å². The zero-order chi connectivity index (χ0) is 24.1. The highest BCUT2D eigenvalue weighted by Crippen LogP contribution is 2.31. The molecule has 1 aliphatic rings. The van der Waals surface area contributed by atoms with Gasteiger partial charge in [-0.15, -0.1) is 0 Å². The van der Waals surface area contributed by atoms with Crippen molar-refractivity contribution in [1.29, 1.82) is 0 Å². The summed E-state index contributed by atoms with van der Waals surface area (Å²) in [6.07, 6.45) is 3.47. The van der Waals surface area contributed by atoms with Gasteiger partial charge in [0.15, 0.2) is 0 Å². The Hall–Kier alpha value is -2.97. The molecule has 1 aliphatic carbocycles. The summed E-state index contributed by atoms with van der Waals surface area (Å²) < 4.78 is 28.6. The molecule has 180 valence electrons. The van der Waals surface area contributed by atoms with Crippen LogP contribution in [0.25, 0.3) is 0 Å². The molecule has 0 bridgehead atoms. The van der Waals surface area contributed by atoms with Crippen LogP contribution in [-0.2, 0) is 33.5 Å². The predicted molar refractivity (Wildman–Crippen MR) is 132 cm³/mol. The van der Waals surface area contributed by atoms with E-state index >= 15 is 0 Å². The molecule has 8 heteroatoms. The first-order valence-corrected chi connectivity index (χ1v) is 13.3. The Morgan fingerprint density at radius 1 is 0.971 bits per heavy atom. The Balaban J connectivity index is 1.67. The van der Waals surface area contributed by atoms with Gasteiger partial charge in [0.05, 0.1) is 30.7 Å². The second-order valence-corrected chi connectivity index (χ2v) is 11.1. The predicted octanol–water partition coefficient (Wildman–Crippen LogP) is 3.21. The van der Waals surface area contributed by atoms with Crippen LogP contribution in [0.15, 0.2) is 72.0 Å². The molecule has 1 aromatic heterocycles. The van der Waals surface area contributed by atoms with Crippen molar-refractivity contribution in [2.75, 3.05) is 27.2 Å². The van der Waals surface area contributed by atoms with Gasteiger partial charge in [-0.3, -0.25) is 4.79 Å². The fraction of sp³-hybridized carbons (Fsp3) is 0.385. The quantitative estimate of drug-likeness (QED) is 0.421. The number of benzene rings is 2. The maximum Gasteiger partial charge on any atom is 0.228 e. The molecule has 1 heterocycles.